The molecular weight excluding hydrogens is 423 g/mol. The van der Waals surface area contributed by atoms with E-state index in [1.54, 1.807) is 0 Å². The van der Waals surface area contributed by atoms with Crippen molar-refractivity contribution in [3.63, 3.8) is 0 Å². The molecule has 0 fully saturated rings. The van der Waals surface area contributed by atoms with Crippen LogP contribution in [0.2, 0.25) is 0 Å². The van der Waals surface area contributed by atoms with E-state index in [2.05, 4.69) is 15.9 Å². The first-order valence-electron chi connectivity index (χ1n) is 7.81. The first-order valence-corrected chi connectivity index (χ1v) is 10.6. The second-order valence-electron chi connectivity index (χ2n) is 5.42. The summed E-state index contributed by atoms with van der Waals surface area (Å²) in [5.74, 6) is -4.50. The predicted octanol–water partition coefficient (Wildman–Crippen LogP) is 4.13. The monoisotopic (exact) mass is 440 g/mol. The van der Waals surface area contributed by atoms with Crippen molar-refractivity contribution in [1.82, 2.24) is 4.98 Å². The lowest BCUT2D eigenvalue weighted by atomic mass is 10.2. The van der Waals surface area contributed by atoms with E-state index in [1.807, 2.05) is 0 Å². The lowest BCUT2D eigenvalue weighted by molar-refractivity contribution is -0.271. The summed E-state index contributed by atoms with van der Waals surface area (Å²) in [6.07, 6.45) is 3.70. The largest absolute Gasteiger partial charge is 0.454 e. The van der Waals surface area contributed by atoms with Crippen molar-refractivity contribution in [2.24, 2.45) is 4.99 Å². The Morgan fingerprint density at radius 1 is 1.32 bits per heavy atom. The summed E-state index contributed by atoms with van der Waals surface area (Å²) >= 11 is 0.290. The quantitative estimate of drug-likeness (QED) is 0.251. The predicted molar refractivity (Wildman–Crippen MR) is 99.4 cm³/mol. The highest BCUT2D eigenvalue weighted by atomic mass is 32.2. The molecule has 1 aromatic rings. The number of halogens is 5. The van der Waals surface area contributed by atoms with E-state index in [0.717, 1.165) is 6.20 Å². The van der Waals surface area contributed by atoms with Crippen molar-refractivity contribution < 1.29 is 30.4 Å². The number of pyridine rings is 1. The molecule has 0 atom stereocenters. The molecule has 0 aliphatic rings. The first-order chi connectivity index (χ1) is 12.9. The van der Waals surface area contributed by atoms with Crippen LogP contribution in [0.1, 0.15) is 19.0 Å². The van der Waals surface area contributed by atoms with Crippen LogP contribution in [0.3, 0.4) is 0 Å². The van der Waals surface area contributed by atoms with E-state index in [4.69, 9.17) is 6.42 Å². The molecule has 0 spiro atoms. The Bertz CT molecular complexity index is 855. The van der Waals surface area contributed by atoms with Gasteiger partial charge in [0, 0.05) is 29.5 Å². The minimum absolute atomic E-state index is 0.0771. The zero-order chi connectivity index (χ0) is 21.4. The Morgan fingerprint density at radius 2 is 2.00 bits per heavy atom. The van der Waals surface area contributed by atoms with Crippen LogP contribution in [-0.2, 0) is 9.84 Å². The zero-order valence-electron chi connectivity index (χ0n) is 14.7. The van der Waals surface area contributed by atoms with Crippen molar-refractivity contribution in [2.45, 2.75) is 30.3 Å². The van der Waals surface area contributed by atoms with Crippen LogP contribution in [0.25, 0.3) is 0 Å². The van der Waals surface area contributed by atoms with Crippen molar-refractivity contribution in [3.8, 4) is 12.3 Å². The fourth-order valence-electron chi connectivity index (χ4n) is 1.64. The van der Waals surface area contributed by atoms with Gasteiger partial charge in [0.2, 0.25) is 0 Å². The SMILES string of the molecule is C#CC/C=C\N=C(CS(=O)(=O)CC)c1ccc(SCC(F)(F)C(F)(F)F)cn1. The number of aromatic nitrogens is 1. The summed E-state index contributed by atoms with van der Waals surface area (Å²) in [6.45, 7) is 1.47. The number of rotatable bonds is 9. The lowest BCUT2D eigenvalue weighted by Crippen LogP contribution is -2.38. The number of hydrogen-bond donors (Lipinski definition) is 0. The number of allylic oxidation sites excluding steroid dienone is 1. The molecule has 1 aromatic heterocycles. The average molecular weight is 440 g/mol. The molecule has 0 saturated carbocycles. The van der Waals surface area contributed by atoms with E-state index in [-0.39, 0.29) is 28.5 Å². The molecule has 1 heterocycles. The maximum atomic E-state index is 13.0. The van der Waals surface area contributed by atoms with Gasteiger partial charge in [-0.1, -0.05) is 13.0 Å². The summed E-state index contributed by atoms with van der Waals surface area (Å²) in [5.41, 5.74) is 0.265. The fourth-order valence-corrected chi connectivity index (χ4v) is 3.29. The average Bonchev–Trinajstić information content (AvgIpc) is 2.62. The maximum Gasteiger partial charge on any atom is 0.454 e. The maximum absolute atomic E-state index is 13.0. The normalized spacial score (nSPS) is 13.7. The number of aliphatic imine (C=N–C) groups is 1. The highest BCUT2D eigenvalue weighted by molar-refractivity contribution is 7.99. The minimum atomic E-state index is -5.63. The molecular formula is C17H17F5N2O2S2. The van der Waals surface area contributed by atoms with Crippen LogP contribution >= 0.6 is 11.8 Å². The molecule has 0 unspecified atom stereocenters. The van der Waals surface area contributed by atoms with Gasteiger partial charge in [-0.15, -0.1) is 24.1 Å². The summed E-state index contributed by atoms with van der Waals surface area (Å²) < 4.78 is 86.3. The number of terminal acetylenes is 1. The second kappa shape index (κ2) is 10.0. The highest BCUT2D eigenvalue weighted by Gasteiger charge is 2.57. The van der Waals surface area contributed by atoms with Crippen LogP contribution in [0.5, 0.6) is 0 Å². The molecule has 28 heavy (non-hydrogen) atoms. The summed E-state index contributed by atoms with van der Waals surface area (Å²) in [7, 11) is -3.44. The molecule has 4 nitrogen and oxygen atoms in total. The molecule has 1 rings (SSSR count). The smallest absolute Gasteiger partial charge is 0.258 e. The van der Waals surface area contributed by atoms with Crippen molar-refractivity contribution in [2.75, 3.05) is 17.3 Å². The summed E-state index contributed by atoms with van der Waals surface area (Å²) in [5, 5.41) is 0. The topological polar surface area (TPSA) is 59.4 Å². The molecule has 0 aromatic carbocycles. The highest BCUT2D eigenvalue weighted by Crippen LogP contribution is 2.39. The summed E-state index contributed by atoms with van der Waals surface area (Å²) in [6, 6.07) is 2.59. The van der Waals surface area contributed by atoms with Gasteiger partial charge < -0.3 is 0 Å². The number of nitrogens with zero attached hydrogens (tertiary/aromatic N) is 2. The van der Waals surface area contributed by atoms with Gasteiger partial charge in [-0.05, 0) is 12.1 Å². The Hall–Kier alpha value is -1.93. The van der Waals surface area contributed by atoms with Gasteiger partial charge in [-0.25, -0.2) is 8.42 Å². The van der Waals surface area contributed by atoms with E-state index < -0.39 is 33.4 Å². The van der Waals surface area contributed by atoms with E-state index >= 15 is 0 Å². The molecule has 11 heteroatoms. The van der Waals surface area contributed by atoms with Gasteiger partial charge >= 0.3 is 12.1 Å². The molecule has 0 amide bonds. The third-order valence-corrected chi connectivity index (χ3v) is 5.91. The number of sulfone groups is 1. The van der Waals surface area contributed by atoms with Crippen LogP contribution in [-0.4, -0.2) is 48.5 Å². The second-order valence-corrected chi connectivity index (χ2v) is 8.82. The third-order valence-electron chi connectivity index (χ3n) is 3.23. The van der Waals surface area contributed by atoms with Crippen molar-refractivity contribution >= 4 is 27.3 Å². The van der Waals surface area contributed by atoms with Crippen LogP contribution in [0.4, 0.5) is 22.0 Å². The molecule has 0 aliphatic heterocycles. The van der Waals surface area contributed by atoms with Crippen LogP contribution in [0.15, 0.2) is 40.5 Å². The van der Waals surface area contributed by atoms with Crippen molar-refractivity contribution in [3.05, 3.63) is 36.3 Å². The third kappa shape index (κ3) is 7.59. The van der Waals surface area contributed by atoms with Gasteiger partial charge in [-0.3, -0.25) is 9.98 Å². The van der Waals surface area contributed by atoms with Gasteiger partial charge in [0.05, 0.1) is 22.9 Å². The standard InChI is InChI=1S/C17H17F5N2O2S2/c1-3-5-6-9-23-15(11-28(25,26)4-2)14-8-7-13(10-24-14)27-12-16(18,19)17(20,21)22/h1,6-10H,4-5,11-12H2,2H3/b9-6-,23-15?. The summed E-state index contributed by atoms with van der Waals surface area (Å²) in [4.78, 5) is 8.06. The number of thioether (sulfide) groups is 1. The van der Waals surface area contributed by atoms with Crippen LogP contribution < -0.4 is 0 Å². The minimum Gasteiger partial charge on any atom is -0.258 e. The van der Waals surface area contributed by atoms with Gasteiger partial charge in [0.15, 0.2) is 9.84 Å². The Labute approximate surface area is 164 Å². The molecule has 154 valence electrons. The molecule has 0 bridgehead atoms. The zero-order valence-corrected chi connectivity index (χ0v) is 16.3. The molecule has 0 N–H and O–H groups in total. The van der Waals surface area contributed by atoms with Crippen molar-refractivity contribution in [1.29, 1.82) is 0 Å². The van der Waals surface area contributed by atoms with Gasteiger partial charge in [0.25, 0.3) is 0 Å². The van der Waals surface area contributed by atoms with Gasteiger partial charge in [0.1, 0.15) is 0 Å². The molecule has 0 aliphatic carbocycles. The van der Waals surface area contributed by atoms with Crippen LogP contribution in [0, 0.1) is 12.3 Å². The number of hydrogen-bond acceptors (Lipinski definition) is 5. The lowest BCUT2D eigenvalue weighted by Gasteiger charge is -2.18. The molecule has 0 saturated heterocycles. The van der Waals surface area contributed by atoms with E-state index in [1.165, 1.54) is 31.3 Å². The first kappa shape index (κ1) is 24.1. The van der Waals surface area contributed by atoms with Gasteiger partial charge in [-0.2, -0.15) is 22.0 Å². The Morgan fingerprint density at radius 3 is 2.50 bits per heavy atom. The number of alkyl halides is 5. The van der Waals surface area contributed by atoms with E-state index in [9.17, 15) is 30.4 Å². The Balaban J connectivity index is 3.00. The van der Waals surface area contributed by atoms with E-state index in [0.29, 0.717) is 11.8 Å². The fraction of sp³-hybridized carbons (Fsp3) is 0.412. The Kier molecular flexibility index (Phi) is 8.63. The molecule has 0 radical (unpaired) electrons.